The fourth-order valence-corrected chi connectivity index (χ4v) is 1.58. The lowest BCUT2D eigenvalue weighted by Gasteiger charge is -2.10. The summed E-state index contributed by atoms with van der Waals surface area (Å²) in [6, 6.07) is 0. The third-order valence-corrected chi connectivity index (χ3v) is 2.38. The second-order valence-electron chi connectivity index (χ2n) is 3.44. The van der Waals surface area contributed by atoms with E-state index >= 15 is 0 Å². The van der Waals surface area contributed by atoms with Gasteiger partial charge in [0, 0.05) is 6.54 Å². The van der Waals surface area contributed by atoms with E-state index in [1.165, 1.54) is 0 Å². The summed E-state index contributed by atoms with van der Waals surface area (Å²) in [6.07, 6.45) is 5.34. The maximum Gasteiger partial charge on any atom is 0.234 e. The molecular weight excluding hydrogens is 226 g/mol. The van der Waals surface area contributed by atoms with Crippen molar-refractivity contribution < 1.29 is 4.74 Å². The fourth-order valence-electron chi connectivity index (χ4n) is 1.28. The Morgan fingerprint density at radius 2 is 2.25 bits per heavy atom. The first kappa shape index (κ1) is 13.0. The number of hydrogen-bond donors (Lipinski definition) is 1. The molecule has 5 heteroatoms. The largest absolute Gasteiger partial charge is 0.477 e. The van der Waals surface area contributed by atoms with E-state index in [4.69, 9.17) is 16.3 Å². The topological polar surface area (TPSA) is 47.0 Å². The Balaban J connectivity index is 2.44. The number of nitrogens with zero attached hydrogens (tertiary/aromatic N) is 2. The molecule has 90 valence electrons. The normalized spacial score (nSPS) is 12.2. The minimum absolute atomic E-state index is 0.127. The lowest BCUT2D eigenvalue weighted by Crippen LogP contribution is -2.15. The molecule has 4 nitrogen and oxygen atoms in total. The zero-order valence-electron chi connectivity index (χ0n) is 9.74. The summed E-state index contributed by atoms with van der Waals surface area (Å²) < 4.78 is 5.25. The molecule has 0 bridgehead atoms. The van der Waals surface area contributed by atoms with Gasteiger partial charge in [0.2, 0.25) is 5.88 Å². The summed E-state index contributed by atoms with van der Waals surface area (Å²) in [7, 11) is 0. The number of alkyl halides is 1. The molecule has 0 aliphatic rings. The Hall–Kier alpha value is -1.03. The molecule has 1 unspecified atom stereocenters. The van der Waals surface area contributed by atoms with Gasteiger partial charge in [-0.3, -0.25) is 4.98 Å². The van der Waals surface area contributed by atoms with Crippen LogP contribution in [0, 0.1) is 0 Å². The van der Waals surface area contributed by atoms with Crippen LogP contribution in [0.1, 0.15) is 26.7 Å². The van der Waals surface area contributed by atoms with Gasteiger partial charge < -0.3 is 10.1 Å². The van der Waals surface area contributed by atoms with Gasteiger partial charge >= 0.3 is 0 Å². The highest BCUT2D eigenvalue weighted by molar-refractivity contribution is 6.20. The maximum atomic E-state index is 6.09. The predicted octanol–water partition coefficient (Wildman–Crippen LogP) is 2.69. The molecule has 0 aliphatic carbocycles. The quantitative estimate of drug-likeness (QED) is 0.748. The van der Waals surface area contributed by atoms with Gasteiger partial charge in [0.1, 0.15) is 5.82 Å². The molecule has 1 aromatic heterocycles. The SMILES string of the molecule is CCCC(Cl)CNc1cncc(OCC)n1. The average Bonchev–Trinajstić information content (AvgIpc) is 2.28. The monoisotopic (exact) mass is 243 g/mol. The van der Waals surface area contributed by atoms with Crippen LogP contribution < -0.4 is 10.1 Å². The molecule has 0 saturated heterocycles. The summed E-state index contributed by atoms with van der Waals surface area (Å²) in [6.45, 7) is 5.31. The predicted molar refractivity (Wildman–Crippen MR) is 66.2 cm³/mol. The van der Waals surface area contributed by atoms with Crippen LogP contribution in [0.3, 0.4) is 0 Å². The fraction of sp³-hybridized carbons (Fsp3) is 0.636. The summed E-state index contributed by atoms with van der Waals surface area (Å²) in [5.41, 5.74) is 0. The molecule has 0 radical (unpaired) electrons. The minimum Gasteiger partial charge on any atom is -0.477 e. The lowest BCUT2D eigenvalue weighted by molar-refractivity contribution is 0.325. The van der Waals surface area contributed by atoms with Gasteiger partial charge in [-0.15, -0.1) is 11.6 Å². The molecular formula is C11H18ClN3O. The molecule has 0 fully saturated rings. The average molecular weight is 244 g/mol. The van der Waals surface area contributed by atoms with Crippen molar-refractivity contribution in [2.24, 2.45) is 0 Å². The van der Waals surface area contributed by atoms with Crippen LogP contribution in [0.2, 0.25) is 0 Å². The van der Waals surface area contributed by atoms with Crippen molar-refractivity contribution in [2.45, 2.75) is 32.1 Å². The molecule has 0 aromatic carbocycles. The smallest absolute Gasteiger partial charge is 0.234 e. The summed E-state index contributed by atoms with van der Waals surface area (Å²) in [5.74, 6) is 1.24. The van der Waals surface area contributed by atoms with E-state index in [-0.39, 0.29) is 5.38 Å². The second-order valence-corrected chi connectivity index (χ2v) is 4.06. The summed E-state index contributed by atoms with van der Waals surface area (Å²) in [5, 5.41) is 3.27. The molecule has 1 atom stereocenters. The van der Waals surface area contributed by atoms with E-state index in [0.29, 0.717) is 24.8 Å². The first-order valence-corrected chi connectivity index (χ1v) is 6.02. The highest BCUT2D eigenvalue weighted by atomic mass is 35.5. The number of nitrogens with one attached hydrogen (secondary N) is 1. The number of rotatable bonds is 7. The molecule has 0 aliphatic heterocycles. The number of anilines is 1. The molecule has 0 spiro atoms. The van der Waals surface area contributed by atoms with Crippen molar-refractivity contribution >= 4 is 17.4 Å². The molecule has 1 rings (SSSR count). The second kappa shape index (κ2) is 7.28. The van der Waals surface area contributed by atoms with Gasteiger partial charge in [-0.1, -0.05) is 13.3 Å². The third-order valence-electron chi connectivity index (χ3n) is 2.01. The van der Waals surface area contributed by atoms with Crippen LogP contribution >= 0.6 is 11.6 Å². The molecule has 1 heterocycles. The van der Waals surface area contributed by atoms with Crippen LogP contribution in [-0.4, -0.2) is 28.5 Å². The van der Waals surface area contributed by atoms with Gasteiger partial charge in [0.05, 0.1) is 24.4 Å². The summed E-state index contributed by atoms with van der Waals surface area (Å²) in [4.78, 5) is 8.27. The Labute approximate surface area is 101 Å². The van der Waals surface area contributed by atoms with E-state index in [1.807, 2.05) is 6.92 Å². The van der Waals surface area contributed by atoms with Crippen molar-refractivity contribution in [3.63, 3.8) is 0 Å². The van der Waals surface area contributed by atoms with Crippen molar-refractivity contribution in [1.29, 1.82) is 0 Å². The van der Waals surface area contributed by atoms with Crippen LogP contribution in [0.5, 0.6) is 5.88 Å². The van der Waals surface area contributed by atoms with E-state index in [1.54, 1.807) is 12.4 Å². The number of hydrogen-bond acceptors (Lipinski definition) is 4. The highest BCUT2D eigenvalue weighted by Crippen LogP contribution is 2.11. The molecule has 0 amide bonds. The van der Waals surface area contributed by atoms with Gasteiger partial charge in [0.25, 0.3) is 0 Å². The Bertz CT molecular complexity index is 309. The first-order valence-electron chi connectivity index (χ1n) is 5.59. The van der Waals surface area contributed by atoms with Crippen LogP contribution in [0.15, 0.2) is 12.4 Å². The number of aromatic nitrogens is 2. The van der Waals surface area contributed by atoms with Gasteiger partial charge in [-0.2, -0.15) is 4.98 Å². The molecule has 16 heavy (non-hydrogen) atoms. The number of ether oxygens (including phenoxy) is 1. The molecule has 1 aromatic rings. The Morgan fingerprint density at radius 3 is 2.94 bits per heavy atom. The van der Waals surface area contributed by atoms with Gasteiger partial charge in [-0.25, -0.2) is 0 Å². The van der Waals surface area contributed by atoms with E-state index in [0.717, 1.165) is 12.8 Å². The third kappa shape index (κ3) is 4.66. The Kier molecular flexibility index (Phi) is 5.93. The van der Waals surface area contributed by atoms with Crippen LogP contribution in [0.4, 0.5) is 5.82 Å². The Morgan fingerprint density at radius 1 is 1.44 bits per heavy atom. The lowest BCUT2D eigenvalue weighted by atomic mass is 10.2. The van der Waals surface area contributed by atoms with Crippen LogP contribution in [-0.2, 0) is 0 Å². The van der Waals surface area contributed by atoms with Crippen molar-refractivity contribution in [3.8, 4) is 5.88 Å². The van der Waals surface area contributed by atoms with E-state index in [2.05, 4.69) is 22.2 Å². The maximum absolute atomic E-state index is 6.09. The van der Waals surface area contributed by atoms with Crippen molar-refractivity contribution in [2.75, 3.05) is 18.5 Å². The van der Waals surface area contributed by atoms with Crippen LogP contribution in [0.25, 0.3) is 0 Å². The zero-order chi connectivity index (χ0) is 11.8. The van der Waals surface area contributed by atoms with Crippen molar-refractivity contribution in [3.05, 3.63) is 12.4 Å². The minimum atomic E-state index is 0.127. The zero-order valence-corrected chi connectivity index (χ0v) is 10.5. The van der Waals surface area contributed by atoms with Gasteiger partial charge in [-0.05, 0) is 13.3 Å². The van der Waals surface area contributed by atoms with Crippen molar-refractivity contribution in [1.82, 2.24) is 9.97 Å². The highest BCUT2D eigenvalue weighted by Gasteiger charge is 2.04. The number of halogens is 1. The van der Waals surface area contributed by atoms with E-state index in [9.17, 15) is 0 Å². The standard InChI is InChI=1S/C11H18ClN3O/c1-3-5-9(12)6-14-10-7-13-8-11(15-10)16-4-2/h7-9H,3-6H2,1-2H3,(H,14,15). The molecule has 1 N–H and O–H groups in total. The van der Waals surface area contributed by atoms with E-state index < -0.39 is 0 Å². The summed E-state index contributed by atoms with van der Waals surface area (Å²) >= 11 is 6.09. The molecule has 0 saturated carbocycles. The van der Waals surface area contributed by atoms with Gasteiger partial charge in [0.15, 0.2) is 0 Å². The first-order chi connectivity index (χ1) is 7.76.